The Labute approximate surface area is 160 Å². The van der Waals surface area contributed by atoms with Crippen LogP contribution in [-0.4, -0.2) is 63.6 Å². The van der Waals surface area contributed by atoms with Crippen LogP contribution in [0.5, 0.6) is 0 Å². The summed E-state index contributed by atoms with van der Waals surface area (Å²) in [6.45, 7) is 2.54. The van der Waals surface area contributed by atoms with Gasteiger partial charge >= 0.3 is 0 Å². The fraction of sp³-hybridized carbons (Fsp3) is 0.579. The lowest BCUT2D eigenvalue weighted by Gasteiger charge is -2.33. The Morgan fingerprint density at radius 2 is 2.00 bits per heavy atom. The summed E-state index contributed by atoms with van der Waals surface area (Å²) in [4.78, 5) is 26.9. The van der Waals surface area contributed by atoms with E-state index in [0.717, 1.165) is 38.5 Å². The molecule has 2 heterocycles. The molecular weight excluding hydrogens is 366 g/mol. The highest BCUT2D eigenvalue weighted by Gasteiger charge is 2.28. The summed E-state index contributed by atoms with van der Waals surface area (Å²) in [5, 5.41) is 6.17. The number of amides is 2. The lowest BCUT2D eigenvalue weighted by Crippen LogP contribution is -2.46. The van der Waals surface area contributed by atoms with Crippen molar-refractivity contribution in [2.24, 2.45) is 5.92 Å². The first-order valence-corrected chi connectivity index (χ1v) is 11.3. The number of sulfone groups is 1. The van der Waals surface area contributed by atoms with Crippen molar-refractivity contribution in [3.63, 3.8) is 0 Å². The number of carbonyl (C=O) groups excluding carboxylic acids is 2. The van der Waals surface area contributed by atoms with Crippen molar-refractivity contribution in [2.75, 3.05) is 32.4 Å². The van der Waals surface area contributed by atoms with E-state index in [2.05, 4.69) is 10.6 Å². The van der Waals surface area contributed by atoms with Crippen molar-refractivity contribution in [3.8, 4) is 0 Å². The first kappa shape index (κ1) is 19.8. The maximum absolute atomic E-state index is 12.9. The fourth-order valence-electron chi connectivity index (χ4n) is 3.83. The highest BCUT2D eigenvalue weighted by atomic mass is 32.2. The van der Waals surface area contributed by atoms with Gasteiger partial charge in [0.1, 0.15) is 0 Å². The molecule has 8 heteroatoms. The molecule has 0 bridgehead atoms. The molecule has 0 aliphatic carbocycles. The molecule has 0 radical (unpaired) electrons. The summed E-state index contributed by atoms with van der Waals surface area (Å²) >= 11 is 0. The topological polar surface area (TPSA) is 95.6 Å². The van der Waals surface area contributed by atoms with Crippen LogP contribution in [0.15, 0.2) is 29.2 Å². The number of nitrogens with one attached hydrogen (secondary N) is 2. The van der Waals surface area contributed by atoms with Gasteiger partial charge in [0.2, 0.25) is 5.91 Å². The Kier molecular flexibility index (Phi) is 6.16. The number of carbonyl (C=O) groups is 2. The van der Waals surface area contributed by atoms with Crippen LogP contribution in [0, 0.1) is 5.92 Å². The average molecular weight is 394 g/mol. The molecule has 0 aromatic heterocycles. The number of hydrogen-bond donors (Lipinski definition) is 2. The molecule has 2 aliphatic heterocycles. The third-order valence-electron chi connectivity index (χ3n) is 5.26. The minimum atomic E-state index is -3.47. The maximum Gasteiger partial charge on any atom is 0.255 e. The lowest BCUT2D eigenvalue weighted by molar-refractivity contribution is -0.123. The molecule has 7 nitrogen and oxygen atoms in total. The van der Waals surface area contributed by atoms with E-state index in [1.165, 1.54) is 6.07 Å². The largest absolute Gasteiger partial charge is 0.354 e. The van der Waals surface area contributed by atoms with Crippen LogP contribution < -0.4 is 10.6 Å². The molecule has 2 N–H and O–H groups in total. The number of benzene rings is 1. The summed E-state index contributed by atoms with van der Waals surface area (Å²) in [6, 6.07) is 6.24. The SMILES string of the molecule is CS(=O)(=O)c1ccccc1C(=O)N1CCCC(CNC(=O)C2CCCN2)C1. The Hall–Kier alpha value is -1.93. The molecule has 2 aliphatic rings. The van der Waals surface area contributed by atoms with Crippen molar-refractivity contribution in [3.05, 3.63) is 29.8 Å². The molecule has 2 unspecified atom stereocenters. The molecule has 3 rings (SSSR count). The summed E-state index contributed by atoms with van der Waals surface area (Å²) in [6.07, 6.45) is 4.78. The van der Waals surface area contributed by atoms with Gasteiger partial charge in [0.25, 0.3) is 5.91 Å². The zero-order chi connectivity index (χ0) is 19.4. The predicted octanol–water partition coefficient (Wildman–Crippen LogP) is 0.811. The van der Waals surface area contributed by atoms with E-state index in [-0.39, 0.29) is 34.2 Å². The molecule has 1 aromatic carbocycles. The van der Waals surface area contributed by atoms with Gasteiger partial charge in [0.15, 0.2) is 9.84 Å². The zero-order valence-electron chi connectivity index (χ0n) is 15.6. The number of hydrogen-bond acceptors (Lipinski definition) is 5. The minimum Gasteiger partial charge on any atom is -0.354 e. The quantitative estimate of drug-likeness (QED) is 0.772. The van der Waals surface area contributed by atoms with Gasteiger partial charge in [0.05, 0.1) is 16.5 Å². The van der Waals surface area contributed by atoms with E-state index < -0.39 is 9.84 Å². The van der Waals surface area contributed by atoms with E-state index in [0.29, 0.717) is 19.6 Å². The van der Waals surface area contributed by atoms with Crippen LogP contribution in [-0.2, 0) is 14.6 Å². The highest BCUT2D eigenvalue weighted by Crippen LogP contribution is 2.22. The molecule has 27 heavy (non-hydrogen) atoms. The van der Waals surface area contributed by atoms with E-state index in [1.54, 1.807) is 23.1 Å². The van der Waals surface area contributed by atoms with E-state index in [1.807, 2.05) is 0 Å². The normalized spacial score (nSPS) is 23.2. The Balaban J connectivity index is 1.62. The second kappa shape index (κ2) is 8.39. The molecular formula is C19H27N3O4S. The summed E-state index contributed by atoms with van der Waals surface area (Å²) in [5.41, 5.74) is 0.222. The van der Waals surface area contributed by atoms with Crippen molar-refractivity contribution >= 4 is 21.7 Å². The van der Waals surface area contributed by atoms with Crippen LogP contribution in [0.4, 0.5) is 0 Å². The van der Waals surface area contributed by atoms with Gasteiger partial charge in [-0.15, -0.1) is 0 Å². The number of nitrogens with zero attached hydrogens (tertiary/aromatic N) is 1. The Morgan fingerprint density at radius 3 is 2.70 bits per heavy atom. The average Bonchev–Trinajstić information content (AvgIpc) is 3.20. The van der Waals surface area contributed by atoms with Gasteiger partial charge in [-0.2, -0.15) is 0 Å². The van der Waals surface area contributed by atoms with Gasteiger partial charge < -0.3 is 15.5 Å². The second-order valence-corrected chi connectivity index (χ2v) is 9.41. The van der Waals surface area contributed by atoms with E-state index >= 15 is 0 Å². The molecule has 2 amide bonds. The van der Waals surface area contributed by atoms with Crippen molar-refractivity contribution in [1.29, 1.82) is 0 Å². The zero-order valence-corrected chi connectivity index (χ0v) is 16.4. The maximum atomic E-state index is 12.9. The fourth-order valence-corrected chi connectivity index (χ4v) is 4.71. The van der Waals surface area contributed by atoms with Gasteiger partial charge in [-0.05, 0) is 50.3 Å². The van der Waals surface area contributed by atoms with Crippen LogP contribution in [0.3, 0.4) is 0 Å². The highest BCUT2D eigenvalue weighted by molar-refractivity contribution is 7.90. The number of piperidine rings is 1. The minimum absolute atomic E-state index is 0.0263. The standard InChI is InChI=1S/C19H27N3O4S/c1-27(25,26)17-9-3-2-7-15(17)19(24)22-11-5-6-14(13-22)12-21-18(23)16-8-4-10-20-16/h2-3,7,9,14,16,20H,4-6,8,10-13H2,1H3,(H,21,23). The van der Waals surface area contributed by atoms with Crippen LogP contribution in [0.25, 0.3) is 0 Å². The van der Waals surface area contributed by atoms with Gasteiger partial charge in [0, 0.05) is 25.9 Å². The van der Waals surface area contributed by atoms with E-state index in [9.17, 15) is 18.0 Å². The smallest absolute Gasteiger partial charge is 0.255 e. The molecule has 0 spiro atoms. The third kappa shape index (κ3) is 4.87. The summed E-state index contributed by atoms with van der Waals surface area (Å²) < 4.78 is 24.0. The first-order valence-electron chi connectivity index (χ1n) is 9.45. The molecule has 2 fully saturated rings. The molecule has 148 valence electrons. The number of rotatable bonds is 5. The van der Waals surface area contributed by atoms with Gasteiger partial charge in [-0.1, -0.05) is 12.1 Å². The first-order chi connectivity index (χ1) is 12.9. The molecule has 2 atom stereocenters. The van der Waals surface area contributed by atoms with Crippen molar-refractivity contribution in [2.45, 2.75) is 36.6 Å². The van der Waals surface area contributed by atoms with Crippen LogP contribution in [0.2, 0.25) is 0 Å². The molecule has 2 saturated heterocycles. The van der Waals surface area contributed by atoms with Crippen LogP contribution in [0.1, 0.15) is 36.0 Å². The van der Waals surface area contributed by atoms with Crippen molar-refractivity contribution in [1.82, 2.24) is 15.5 Å². The molecule has 1 aromatic rings. The van der Waals surface area contributed by atoms with Crippen LogP contribution >= 0.6 is 0 Å². The van der Waals surface area contributed by atoms with Gasteiger partial charge in [-0.3, -0.25) is 9.59 Å². The van der Waals surface area contributed by atoms with E-state index in [4.69, 9.17) is 0 Å². The predicted molar refractivity (Wildman–Crippen MR) is 102 cm³/mol. The number of likely N-dealkylation sites (tertiary alicyclic amines) is 1. The lowest BCUT2D eigenvalue weighted by atomic mass is 9.97. The molecule has 0 saturated carbocycles. The second-order valence-electron chi connectivity index (χ2n) is 7.42. The summed E-state index contributed by atoms with van der Waals surface area (Å²) in [5.74, 6) is -0.0543. The third-order valence-corrected chi connectivity index (χ3v) is 6.42. The van der Waals surface area contributed by atoms with Crippen molar-refractivity contribution < 1.29 is 18.0 Å². The van der Waals surface area contributed by atoms with Gasteiger partial charge in [-0.25, -0.2) is 8.42 Å². The Bertz CT molecular complexity index is 803. The Morgan fingerprint density at radius 1 is 1.22 bits per heavy atom. The summed E-state index contributed by atoms with van der Waals surface area (Å²) in [7, 11) is -3.47. The monoisotopic (exact) mass is 393 g/mol.